The van der Waals surface area contributed by atoms with Gasteiger partial charge in [0.25, 0.3) is 23.2 Å². The van der Waals surface area contributed by atoms with E-state index in [2.05, 4.69) is 10.6 Å². The number of benzene rings is 4. The number of nitrogens with one attached hydrogen (secondary N) is 2. The zero-order chi connectivity index (χ0) is 28.1. The van der Waals surface area contributed by atoms with Crippen LogP contribution < -0.4 is 10.6 Å². The number of hydrogen-bond acceptors (Lipinski definition) is 7. The highest BCUT2D eigenvalue weighted by Crippen LogP contribution is 2.26. The Morgan fingerprint density at radius 2 is 1.03 bits per heavy atom. The van der Waals surface area contributed by atoms with E-state index in [0.29, 0.717) is 11.3 Å². The fourth-order valence-electron chi connectivity index (χ4n) is 3.50. The maximum atomic E-state index is 12.9. The molecule has 0 saturated heterocycles. The zero-order valence-corrected chi connectivity index (χ0v) is 20.5. The molecule has 0 atom stereocenters. The monoisotopic (exact) mass is 544 g/mol. The third-order valence-corrected chi connectivity index (χ3v) is 5.88. The molecule has 2 amide bonds. The molecule has 194 valence electrons. The molecule has 0 aliphatic heterocycles. The van der Waals surface area contributed by atoms with Crippen molar-refractivity contribution in [1.82, 2.24) is 0 Å². The van der Waals surface area contributed by atoms with E-state index in [9.17, 15) is 34.6 Å². The number of nitro groups is 2. The molecule has 0 bridgehead atoms. The molecule has 39 heavy (non-hydrogen) atoms. The van der Waals surface area contributed by atoms with Gasteiger partial charge in [-0.15, -0.1) is 0 Å². The van der Waals surface area contributed by atoms with Crippen molar-refractivity contribution in [2.75, 3.05) is 10.6 Å². The van der Waals surface area contributed by atoms with Crippen LogP contribution in [0.3, 0.4) is 0 Å². The summed E-state index contributed by atoms with van der Waals surface area (Å²) in [4.78, 5) is 58.2. The first-order valence-electron chi connectivity index (χ1n) is 11.2. The number of ketones is 1. The van der Waals surface area contributed by atoms with E-state index in [1.807, 2.05) is 0 Å². The van der Waals surface area contributed by atoms with Crippen molar-refractivity contribution in [3.63, 3.8) is 0 Å². The first-order chi connectivity index (χ1) is 18.6. The Hall–Kier alpha value is -5.42. The summed E-state index contributed by atoms with van der Waals surface area (Å²) >= 11 is 6.29. The zero-order valence-electron chi connectivity index (χ0n) is 19.8. The highest BCUT2D eigenvalue weighted by molar-refractivity contribution is 6.34. The van der Waals surface area contributed by atoms with E-state index in [-0.39, 0.29) is 44.6 Å². The number of carbonyl (C=O) groups is 3. The minimum absolute atomic E-state index is 0.114. The van der Waals surface area contributed by atoms with E-state index in [1.54, 1.807) is 0 Å². The van der Waals surface area contributed by atoms with Crippen LogP contribution in [0.2, 0.25) is 5.02 Å². The van der Waals surface area contributed by atoms with Gasteiger partial charge in [-0.2, -0.15) is 0 Å². The van der Waals surface area contributed by atoms with Crippen molar-refractivity contribution in [1.29, 1.82) is 0 Å². The second-order valence-electron chi connectivity index (χ2n) is 8.12. The highest BCUT2D eigenvalue weighted by atomic mass is 35.5. The van der Waals surface area contributed by atoms with Crippen LogP contribution in [-0.4, -0.2) is 27.4 Å². The van der Waals surface area contributed by atoms with E-state index in [1.165, 1.54) is 91.0 Å². The predicted octanol–water partition coefficient (Wildman–Crippen LogP) is 5.89. The van der Waals surface area contributed by atoms with Gasteiger partial charge in [0.05, 0.1) is 20.6 Å². The number of nitrogens with zero attached hydrogens (tertiary/aromatic N) is 2. The summed E-state index contributed by atoms with van der Waals surface area (Å²) in [5.41, 5.74) is 1.40. The van der Waals surface area contributed by atoms with E-state index in [0.717, 1.165) is 0 Å². The molecule has 0 aromatic heterocycles. The molecule has 0 aliphatic rings. The molecule has 0 heterocycles. The number of non-ortho nitro benzene ring substituents is 2. The molecular weight excluding hydrogens is 528 g/mol. The predicted molar refractivity (Wildman–Crippen MR) is 143 cm³/mol. The van der Waals surface area contributed by atoms with Crippen molar-refractivity contribution in [2.45, 2.75) is 0 Å². The van der Waals surface area contributed by atoms with Crippen LogP contribution in [0.5, 0.6) is 0 Å². The Bertz CT molecular complexity index is 1600. The van der Waals surface area contributed by atoms with Gasteiger partial charge in [-0.1, -0.05) is 11.6 Å². The number of carbonyl (C=O) groups excluding carboxylic acids is 3. The van der Waals surface area contributed by atoms with Crippen LogP contribution in [0.15, 0.2) is 91.0 Å². The molecule has 0 spiro atoms. The summed E-state index contributed by atoms with van der Waals surface area (Å²) in [6.45, 7) is 0. The van der Waals surface area contributed by atoms with Gasteiger partial charge in [0.1, 0.15) is 0 Å². The van der Waals surface area contributed by atoms with Gasteiger partial charge in [-0.05, 0) is 66.7 Å². The van der Waals surface area contributed by atoms with E-state index < -0.39 is 21.7 Å². The maximum absolute atomic E-state index is 12.9. The quantitative estimate of drug-likeness (QED) is 0.159. The minimum Gasteiger partial charge on any atom is -0.322 e. The topological polar surface area (TPSA) is 162 Å². The van der Waals surface area contributed by atoms with Crippen molar-refractivity contribution in [2.24, 2.45) is 0 Å². The lowest BCUT2D eigenvalue weighted by molar-refractivity contribution is -0.385. The average Bonchev–Trinajstić information content (AvgIpc) is 2.94. The number of halogens is 1. The third-order valence-electron chi connectivity index (χ3n) is 5.57. The number of anilines is 2. The smallest absolute Gasteiger partial charge is 0.269 e. The van der Waals surface area contributed by atoms with Gasteiger partial charge in [-0.3, -0.25) is 34.6 Å². The Labute approximate surface area is 225 Å². The Balaban J connectivity index is 1.40. The number of hydrogen-bond donors (Lipinski definition) is 2. The Morgan fingerprint density at radius 3 is 1.49 bits per heavy atom. The number of amides is 2. The van der Waals surface area contributed by atoms with Crippen molar-refractivity contribution in [3.05, 3.63) is 139 Å². The molecule has 4 aromatic rings. The van der Waals surface area contributed by atoms with Crippen LogP contribution in [0.4, 0.5) is 22.7 Å². The van der Waals surface area contributed by atoms with Crippen molar-refractivity contribution in [3.8, 4) is 0 Å². The first-order valence-corrected chi connectivity index (χ1v) is 11.6. The normalized spacial score (nSPS) is 10.4. The second kappa shape index (κ2) is 11.3. The molecule has 11 nitrogen and oxygen atoms in total. The Morgan fingerprint density at radius 1 is 0.590 bits per heavy atom. The van der Waals surface area contributed by atoms with Crippen molar-refractivity contribution >= 4 is 51.9 Å². The Kier molecular flexibility index (Phi) is 7.73. The summed E-state index contributed by atoms with van der Waals surface area (Å²) in [6.07, 6.45) is 0. The van der Waals surface area contributed by atoms with Crippen LogP contribution in [0, 0.1) is 20.2 Å². The summed E-state index contributed by atoms with van der Waals surface area (Å²) in [5.74, 6) is -1.35. The summed E-state index contributed by atoms with van der Waals surface area (Å²) < 4.78 is 0. The SMILES string of the molecule is O=C(Nc1ccc(C(=O)c2ccc(NC(=O)c3ccc([N+](=O)[O-])cc3)c(Cl)c2)cc1)c1ccc([N+](=O)[O-])cc1. The van der Waals surface area contributed by atoms with Gasteiger partial charge in [0, 0.05) is 52.2 Å². The van der Waals surface area contributed by atoms with Gasteiger partial charge < -0.3 is 10.6 Å². The average molecular weight is 545 g/mol. The lowest BCUT2D eigenvalue weighted by Gasteiger charge is -2.10. The molecule has 0 fully saturated rings. The van der Waals surface area contributed by atoms with E-state index in [4.69, 9.17) is 11.6 Å². The van der Waals surface area contributed by atoms with Crippen LogP contribution in [0.25, 0.3) is 0 Å². The molecule has 4 rings (SSSR count). The van der Waals surface area contributed by atoms with Crippen LogP contribution in [0.1, 0.15) is 36.6 Å². The molecule has 0 saturated carbocycles. The fourth-order valence-corrected chi connectivity index (χ4v) is 3.72. The van der Waals surface area contributed by atoms with Crippen molar-refractivity contribution < 1.29 is 24.2 Å². The molecule has 2 N–H and O–H groups in total. The standard InChI is InChI=1S/C27H17ClN4O7/c28-23-15-19(7-14-24(23)30-27(35)18-5-12-22(13-6-18)32(38)39)25(33)16-1-8-20(9-2-16)29-26(34)17-3-10-21(11-4-17)31(36)37/h1-15H,(H,29,34)(H,30,35). The summed E-state index contributed by atoms with van der Waals surface area (Å²) in [5, 5.41) is 26.9. The highest BCUT2D eigenvalue weighted by Gasteiger charge is 2.15. The van der Waals surface area contributed by atoms with Gasteiger partial charge in [0.2, 0.25) is 0 Å². The van der Waals surface area contributed by atoms with Gasteiger partial charge in [-0.25, -0.2) is 0 Å². The van der Waals surface area contributed by atoms with Gasteiger partial charge >= 0.3 is 0 Å². The van der Waals surface area contributed by atoms with Gasteiger partial charge in [0.15, 0.2) is 5.78 Å². The molecule has 12 heteroatoms. The molecule has 4 aromatic carbocycles. The largest absolute Gasteiger partial charge is 0.322 e. The molecule has 0 radical (unpaired) electrons. The summed E-state index contributed by atoms with van der Waals surface area (Å²) in [6, 6.07) is 20.7. The maximum Gasteiger partial charge on any atom is 0.269 e. The lowest BCUT2D eigenvalue weighted by Crippen LogP contribution is -2.13. The summed E-state index contributed by atoms with van der Waals surface area (Å²) in [7, 11) is 0. The number of rotatable bonds is 8. The van der Waals surface area contributed by atoms with E-state index >= 15 is 0 Å². The van der Waals surface area contributed by atoms with Crippen LogP contribution >= 0.6 is 11.6 Å². The number of nitro benzene ring substituents is 2. The third kappa shape index (κ3) is 6.29. The molecule has 0 aliphatic carbocycles. The lowest BCUT2D eigenvalue weighted by atomic mass is 10.0. The molecule has 0 unspecified atom stereocenters. The molecular formula is C27H17ClN4O7. The first kappa shape index (κ1) is 26.6. The minimum atomic E-state index is -0.570. The second-order valence-corrected chi connectivity index (χ2v) is 8.52. The van der Waals surface area contributed by atoms with Crippen LogP contribution in [-0.2, 0) is 0 Å². The fraction of sp³-hybridized carbons (Fsp3) is 0.